The summed E-state index contributed by atoms with van der Waals surface area (Å²) in [5.41, 5.74) is 4.77. The molecule has 0 amide bonds. The number of hydrogen-bond acceptors (Lipinski definition) is 0. The van der Waals surface area contributed by atoms with Gasteiger partial charge in [-0.05, 0) is 40.0 Å². The van der Waals surface area contributed by atoms with Gasteiger partial charge in [0.2, 0.25) is 0 Å². The third kappa shape index (κ3) is 1.02. The highest BCUT2D eigenvalue weighted by atomic mass is 28.3. The quantitative estimate of drug-likeness (QED) is 0.681. The minimum absolute atomic E-state index is 1.17. The van der Waals surface area contributed by atoms with E-state index in [1.54, 1.807) is 32.3 Å². The van der Waals surface area contributed by atoms with E-state index in [1.807, 2.05) is 0 Å². The smallest absolute Gasteiger partial charge is 0.0683 e. The van der Waals surface area contributed by atoms with Gasteiger partial charge in [-0.15, -0.1) is 0 Å². The van der Waals surface area contributed by atoms with Gasteiger partial charge in [0.15, 0.2) is 0 Å². The van der Waals surface area contributed by atoms with Gasteiger partial charge in [0.1, 0.15) is 8.07 Å². The van der Waals surface area contributed by atoms with E-state index >= 15 is 0 Å². The Labute approximate surface area is 109 Å². The Morgan fingerprint density at radius 1 is 0.944 bits per heavy atom. The Kier molecular flexibility index (Phi) is 1.86. The number of allylic oxidation sites excluding steroid dienone is 1. The van der Waals surface area contributed by atoms with Gasteiger partial charge in [-0.2, -0.15) is 0 Å². The molecule has 0 saturated carbocycles. The van der Waals surface area contributed by atoms with E-state index in [0.29, 0.717) is 0 Å². The van der Waals surface area contributed by atoms with E-state index in [4.69, 9.17) is 0 Å². The van der Waals surface area contributed by atoms with Crippen molar-refractivity contribution in [2.75, 3.05) is 0 Å². The highest BCUT2D eigenvalue weighted by Crippen LogP contribution is 2.45. The van der Waals surface area contributed by atoms with Crippen LogP contribution in [-0.2, 0) is 6.42 Å². The molecule has 0 spiro atoms. The lowest BCUT2D eigenvalue weighted by atomic mass is 10.1. The molecular formula is C17H16Si. The van der Waals surface area contributed by atoms with Gasteiger partial charge in [-0.1, -0.05) is 60.7 Å². The third-order valence-electron chi connectivity index (χ3n) is 4.67. The molecule has 0 radical (unpaired) electrons. The molecule has 1 aliphatic heterocycles. The Balaban J connectivity index is 2.03. The summed E-state index contributed by atoms with van der Waals surface area (Å²) in [6, 6.07) is 18.0. The second-order valence-electron chi connectivity index (χ2n) is 5.66. The van der Waals surface area contributed by atoms with Crippen molar-refractivity contribution in [1.29, 1.82) is 0 Å². The van der Waals surface area contributed by atoms with Gasteiger partial charge in [0.05, 0.1) is 0 Å². The SMILES string of the molecule is CC1=C2c3c(cccc3[Si]2(C)c2ccccc2)C1. The van der Waals surface area contributed by atoms with Crippen molar-refractivity contribution in [2.45, 2.75) is 19.9 Å². The van der Waals surface area contributed by atoms with Crippen LogP contribution in [0.25, 0.3) is 5.20 Å². The molecule has 18 heavy (non-hydrogen) atoms. The summed E-state index contributed by atoms with van der Waals surface area (Å²) in [5.74, 6) is 0. The summed E-state index contributed by atoms with van der Waals surface area (Å²) >= 11 is 0. The van der Waals surface area contributed by atoms with E-state index in [2.05, 4.69) is 62.0 Å². The Bertz CT molecular complexity index is 682. The monoisotopic (exact) mass is 248 g/mol. The third-order valence-corrected chi connectivity index (χ3v) is 9.33. The largest absolute Gasteiger partial charge is 0.146 e. The molecule has 0 N–H and O–H groups in total. The molecule has 0 aromatic heterocycles. The Morgan fingerprint density at radius 3 is 2.50 bits per heavy atom. The first kappa shape index (κ1) is 10.3. The molecule has 0 saturated heterocycles. The predicted molar refractivity (Wildman–Crippen MR) is 80.1 cm³/mol. The fourth-order valence-corrected chi connectivity index (χ4v) is 8.36. The molecule has 1 heterocycles. The average Bonchev–Trinajstić information content (AvgIpc) is 2.73. The maximum absolute atomic E-state index is 2.51. The highest BCUT2D eigenvalue weighted by Gasteiger charge is 2.50. The van der Waals surface area contributed by atoms with Crippen molar-refractivity contribution in [2.24, 2.45) is 0 Å². The summed E-state index contributed by atoms with van der Waals surface area (Å²) in [6.07, 6.45) is 1.17. The van der Waals surface area contributed by atoms with Crippen molar-refractivity contribution in [3.8, 4) is 0 Å². The summed E-state index contributed by atoms with van der Waals surface area (Å²) in [4.78, 5) is 0. The van der Waals surface area contributed by atoms with Gasteiger partial charge in [-0.25, -0.2) is 0 Å². The number of rotatable bonds is 1. The van der Waals surface area contributed by atoms with Gasteiger partial charge in [0.25, 0.3) is 0 Å². The Hall–Kier alpha value is -1.60. The molecule has 0 nitrogen and oxygen atoms in total. The molecule has 1 heteroatoms. The molecule has 0 bridgehead atoms. The molecule has 1 atom stereocenters. The summed E-state index contributed by atoms with van der Waals surface area (Å²) in [7, 11) is -1.55. The van der Waals surface area contributed by atoms with Crippen molar-refractivity contribution < 1.29 is 0 Å². The van der Waals surface area contributed by atoms with Crippen LogP contribution in [0.3, 0.4) is 0 Å². The molecule has 88 valence electrons. The van der Waals surface area contributed by atoms with Crippen LogP contribution < -0.4 is 10.4 Å². The van der Waals surface area contributed by atoms with E-state index < -0.39 is 8.07 Å². The second-order valence-corrected chi connectivity index (χ2v) is 9.53. The van der Waals surface area contributed by atoms with E-state index in [-0.39, 0.29) is 0 Å². The Morgan fingerprint density at radius 2 is 1.72 bits per heavy atom. The normalized spacial score (nSPS) is 23.9. The first-order valence-corrected chi connectivity index (χ1v) is 9.11. The second kappa shape index (κ2) is 3.24. The van der Waals surface area contributed by atoms with E-state index in [0.717, 1.165) is 0 Å². The summed E-state index contributed by atoms with van der Waals surface area (Å²) in [6.45, 7) is 4.84. The van der Waals surface area contributed by atoms with Gasteiger partial charge >= 0.3 is 0 Å². The van der Waals surface area contributed by atoms with Gasteiger partial charge in [0, 0.05) is 0 Å². The van der Waals surface area contributed by atoms with E-state index in [1.165, 1.54) is 6.42 Å². The predicted octanol–water partition coefficient (Wildman–Crippen LogP) is 2.76. The number of benzene rings is 2. The standard InChI is InChI=1S/C17H16Si/c1-12-11-13-7-6-10-15-16(13)17(12)18(15,2)14-8-4-3-5-9-14/h3-10H,11H2,1-2H3. The van der Waals surface area contributed by atoms with Crippen LogP contribution in [-0.4, -0.2) is 8.07 Å². The van der Waals surface area contributed by atoms with Crippen molar-refractivity contribution in [3.05, 3.63) is 65.2 Å². The highest BCUT2D eigenvalue weighted by molar-refractivity contribution is 7.19. The molecular weight excluding hydrogens is 232 g/mol. The average molecular weight is 248 g/mol. The molecule has 2 aromatic carbocycles. The lowest BCUT2D eigenvalue weighted by Gasteiger charge is -2.42. The fourth-order valence-electron chi connectivity index (χ4n) is 3.87. The molecule has 0 fully saturated rings. The van der Waals surface area contributed by atoms with Crippen LogP contribution in [0.15, 0.2) is 54.1 Å². The number of hydrogen-bond donors (Lipinski definition) is 0. The summed E-state index contributed by atoms with van der Waals surface area (Å²) < 4.78 is 0. The maximum atomic E-state index is 2.51. The van der Waals surface area contributed by atoms with Crippen LogP contribution >= 0.6 is 0 Å². The van der Waals surface area contributed by atoms with Crippen LogP contribution in [0.4, 0.5) is 0 Å². The van der Waals surface area contributed by atoms with Gasteiger partial charge < -0.3 is 0 Å². The molecule has 1 unspecified atom stereocenters. The summed E-state index contributed by atoms with van der Waals surface area (Å²) in [5, 5.41) is 4.93. The maximum Gasteiger partial charge on any atom is 0.146 e. The lowest BCUT2D eigenvalue weighted by molar-refractivity contribution is 1.20. The zero-order valence-electron chi connectivity index (χ0n) is 10.8. The zero-order chi connectivity index (χ0) is 12.3. The minimum Gasteiger partial charge on any atom is -0.0683 e. The zero-order valence-corrected chi connectivity index (χ0v) is 11.8. The van der Waals surface area contributed by atoms with E-state index in [9.17, 15) is 0 Å². The van der Waals surface area contributed by atoms with Crippen LogP contribution in [0.5, 0.6) is 0 Å². The fraction of sp³-hybridized carbons (Fsp3) is 0.176. The van der Waals surface area contributed by atoms with Crippen LogP contribution in [0, 0.1) is 0 Å². The first-order valence-electron chi connectivity index (χ1n) is 6.61. The van der Waals surface area contributed by atoms with Crippen molar-refractivity contribution in [3.63, 3.8) is 0 Å². The first-order chi connectivity index (χ1) is 8.73. The van der Waals surface area contributed by atoms with Crippen molar-refractivity contribution >= 4 is 23.6 Å². The van der Waals surface area contributed by atoms with Crippen LogP contribution in [0.2, 0.25) is 6.55 Å². The van der Waals surface area contributed by atoms with Crippen LogP contribution in [0.1, 0.15) is 18.1 Å². The minimum atomic E-state index is -1.55. The molecule has 2 aromatic rings. The topological polar surface area (TPSA) is 0 Å². The van der Waals surface area contributed by atoms with Crippen molar-refractivity contribution in [1.82, 2.24) is 0 Å². The molecule has 4 rings (SSSR count). The molecule has 2 aliphatic rings. The molecule has 1 aliphatic carbocycles. The lowest BCUT2D eigenvalue weighted by Crippen LogP contribution is -2.65. The van der Waals surface area contributed by atoms with Gasteiger partial charge in [-0.3, -0.25) is 0 Å².